The summed E-state index contributed by atoms with van der Waals surface area (Å²) < 4.78 is 17.0. The topological polar surface area (TPSA) is 60.0 Å². The van der Waals surface area contributed by atoms with Gasteiger partial charge in [0.2, 0.25) is 0 Å². The molecule has 3 aromatic heterocycles. The van der Waals surface area contributed by atoms with Crippen LogP contribution >= 0.6 is 0 Å². The Balaban J connectivity index is 1.70. The molecule has 126 valence electrons. The summed E-state index contributed by atoms with van der Waals surface area (Å²) in [6.07, 6.45) is 3.61. The first-order valence-corrected chi connectivity index (χ1v) is 7.93. The van der Waals surface area contributed by atoms with Crippen molar-refractivity contribution in [3.63, 3.8) is 0 Å². The second kappa shape index (κ2) is 6.01. The molecule has 0 radical (unpaired) electrons. The van der Waals surface area contributed by atoms with E-state index >= 15 is 0 Å². The van der Waals surface area contributed by atoms with Gasteiger partial charge >= 0.3 is 0 Å². The van der Waals surface area contributed by atoms with Crippen molar-refractivity contribution in [3.8, 4) is 11.5 Å². The minimum absolute atomic E-state index is 0.244. The summed E-state index contributed by atoms with van der Waals surface area (Å²) in [4.78, 5) is 8.86. The molecule has 0 atom stereocenters. The van der Waals surface area contributed by atoms with Gasteiger partial charge in [-0.2, -0.15) is 9.61 Å². The highest BCUT2D eigenvalue weighted by molar-refractivity contribution is 5.61. The fraction of sp³-hybridized carbons (Fsp3) is 0.167. The maximum atomic E-state index is 13.3. The van der Waals surface area contributed by atoms with Crippen molar-refractivity contribution in [1.29, 1.82) is 0 Å². The molecule has 1 aromatic carbocycles. The van der Waals surface area contributed by atoms with E-state index in [4.69, 9.17) is 0 Å². The summed E-state index contributed by atoms with van der Waals surface area (Å²) in [6.45, 7) is 2.43. The average molecular weight is 336 g/mol. The molecule has 0 unspecified atom stereocenters. The molecular formula is C18H17FN6. The van der Waals surface area contributed by atoms with Crippen LogP contribution in [0.5, 0.6) is 0 Å². The van der Waals surface area contributed by atoms with Gasteiger partial charge < -0.3 is 9.88 Å². The number of anilines is 1. The number of aryl methyl sites for hydroxylation is 2. The highest BCUT2D eigenvalue weighted by atomic mass is 19.1. The molecule has 1 N–H and O–H groups in total. The summed E-state index contributed by atoms with van der Waals surface area (Å²) >= 11 is 0. The molecule has 4 rings (SSSR count). The second-order valence-electron chi connectivity index (χ2n) is 5.93. The molecule has 6 nitrogen and oxygen atoms in total. The molecule has 0 amide bonds. The van der Waals surface area contributed by atoms with Crippen LogP contribution in [0.1, 0.15) is 11.3 Å². The lowest BCUT2D eigenvalue weighted by atomic mass is 10.2. The van der Waals surface area contributed by atoms with E-state index in [9.17, 15) is 4.39 Å². The third-order valence-corrected chi connectivity index (χ3v) is 3.97. The SMILES string of the molecule is Cc1cc(NCc2cccc(F)c2)n2nc(-c3nccn3C)cc2n1. The summed E-state index contributed by atoms with van der Waals surface area (Å²) in [6, 6.07) is 10.4. The molecular weight excluding hydrogens is 319 g/mol. The third kappa shape index (κ3) is 2.96. The maximum Gasteiger partial charge on any atom is 0.160 e. The van der Waals surface area contributed by atoms with Crippen LogP contribution in [0.25, 0.3) is 17.2 Å². The Morgan fingerprint density at radius 2 is 2.08 bits per heavy atom. The van der Waals surface area contributed by atoms with Gasteiger partial charge in [0.05, 0.1) is 0 Å². The normalized spacial score (nSPS) is 11.2. The minimum atomic E-state index is -0.244. The second-order valence-corrected chi connectivity index (χ2v) is 5.93. The molecule has 4 aromatic rings. The van der Waals surface area contributed by atoms with Gasteiger partial charge in [-0.3, -0.25) is 0 Å². The number of hydrogen-bond donors (Lipinski definition) is 1. The van der Waals surface area contributed by atoms with Gasteiger partial charge in [-0.15, -0.1) is 0 Å². The van der Waals surface area contributed by atoms with Gasteiger partial charge in [0, 0.05) is 43.8 Å². The van der Waals surface area contributed by atoms with Crippen LogP contribution in [0.4, 0.5) is 10.2 Å². The monoisotopic (exact) mass is 336 g/mol. The Kier molecular flexibility index (Phi) is 3.68. The van der Waals surface area contributed by atoms with Crippen molar-refractivity contribution in [2.24, 2.45) is 7.05 Å². The van der Waals surface area contributed by atoms with Crippen molar-refractivity contribution >= 4 is 11.5 Å². The molecule has 0 saturated heterocycles. The molecule has 0 saturated carbocycles. The fourth-order valence-corrected chi connectivity index (χ4v) is 2.79. The van der Waals surface area contributed by atoms with E-state index in [1.807, 2.05) is 42.9 Å². The fourth-order valence-electron chi connectivity index (χ4n) is 2.79. The van der Waals surface area contributed by atoms with E-state index in [2.05, 4.69) is 20.4 Å². The molecule has 7 heteroatoms. The van der Waals surface area contributed by atoms with Crippen LogP contribution in [-0.4, -0.2) is 24.1 Å². The quantitative estimate of drug-likeness (QED) is 0.622. The number of benzene rings is 1. The van der Waals surface area contributed by atoms with Crippen molar-refractivity contribution in [2.45, 2.75) is 13.5 Å². The third-order valence-electron chi connectivity index (χ3n) is 3.97. The lowest BCUT2D eigenvalue weighted by Gasteiger charge is -2.09. The van der Waals surface area contributed by atoms with Crippen LogP contribution in [0.15, 0.2) is 48.8 Å². The molecule has 0 fully saturated rings. The van der Waals surface area contributed by atoms with Crippen molar-refractivity contribution in [2.75, 3.05) is 5.32 Å². The van der Waals surface area contributed by atoms with Crippen LogP contribution in [0.3, 0.4) is 0 Å². The van der Waals surface area contributed by atoms with Crippen LogP contribution in [0, 0.1) is 12.7 Å². The molecule has 0 aliphatic carbocycles. The van der Waals surface area contributed by atoms with Gasteiger partial charge in [0.1, 0.15) is 17.3 Å². The minimum Gasteiger partial charge on any atom is -0.366 e. The lowest BCUT2D eigenvalue weighted by molar-refractivity contribution is 0.626. The summed E-state index contributed by atoms with van der Waals surface area (Å²) in [5.41, 5.74) is 3.22. The Labute approximate surface area is 144 Å². The first kappa shape index (κ1) is 15.3. The number of fused-ring (bicyclic) bond motifs is 1. The summed E-state index contributed by atoms with van der Waals surface area (Å²) in [5.74, 6) is 1.33. The largest absolute Gasteiger partial charge is 0.366 e. The summed E-state index contributed by atoms with van der Waals surface area (Å²) in [7, 11) is 1.92. The molecule has 0 aliphatic rings. The van der Waals surface area contributed by atoms with E-state index in [0.29, 0.717) is 6.54 Å². The maximum absolute atomic E-state index is 13.3. The molecule has 0 bridgehead atoms. The predicted molar refractivity (Wildman–Crippen MR) is 93.7 cm³/mol. The van der Waals surface area contributed by atoms with Crippen LogP contribution in [0.2, 0.25) is 0 Å². The Bertz CT molecular complexity index is 1050. The molecule has 3 heterocycles. The van der Waals surface area contributed by atoms with E-state index in [0.717, 1.165) is 34.2 Å². The molecule has 0 aliphatic heterocycles. The van der Waals surface area contributed by atoms with Crippen molar-refractivity contribution in [1.82, 2.24) is 24.1 Å². The molecule has 25 heavy (non-hydrogen) atoms. The summed E-state index contributed by atoms with van der Waals surface area (Å²) in [5, 5.41) is 7.93. The Hall–Kier alpha value is -3.22. The first-order valence-electron chi connectivity index (χ1n) is 7.93. The van der Waals surface area contributed by atoms with Crippen molar-refractivity contribution in [3.05, 3.63) is 65.9 Å². The van der Waals surface area contributed by atoms with E-state index < -0.39 is 0 Å². The number of rotatable bonds is 4. The zero-order chi connectivity index (χ0) is 17.4. The van der Waals surface area contributed by atoms with Crippen LogP contribution in [-0.2, 0) is 13.6 Å². The van der Waals surface area contributed by atoms with Gasteiger partial charge in [-0.25, -0.2) is 14.4 Å². The highest BCUT2D eigenvalue weighted by Crippen LogP contribution is 2.20. The number of imidazole rings is 1. The average Bonchev–Trinajstić information content (AvgIpc) is 3.18. The first-order chi connectivity index (χ1) is 12.1. The highest BCUT2D eigenvalue weighted by Gasteiger charge is 2.12. The number of hydrogen-bond acceptors (Lipinski definition) is 4. The van der Waals surface area contributed by atoms with Crippen LogP contribution < -0.4 is 5.32 Å². The lowest BCUT2D eigenvalue weighted by Crippen LogP contribution is -2.07. The Morgan fingerprint density at radius 1 is 1.20 bits per heavy atom. The van der Waals surface area contributed by atoms with Gasteiger partial charge in [-0.05, 0) is 24.6 Å². The zero-order valence-corrected chi connectivity index (χ0v) is 13.9. The number of aromatic nitrogens is 5. The smallest absolute Gasteiger partial charge is 0.160 e. The number of nitrogens with one attached hydrogen (secondary N) is 1. The van der Waals surface area contributed by atoms with Gasteiger partial charge in [0.25, 0.3) is 0 Å². The number of nitrogens with zero attached hydrogens (tertiary/aromatic N) is 5. The van der Waals surface area contributed by atoms with Gasteiger partial charge in [-0.1, -0.05) is 12.1 Å². The van der Waals surface area contributed by atoms with E-state index in [-0.39, 0.29) is 5.82 Å². The van der Waals surface area contributed by atoms with E-state index in [1.54, 1.807) is 16.8 Å². The van der Waals surface area contributed by atoms with Gasteiger partial charge in [0.15, 0.2) is 11.5 Å². The number of halogens is 1. The standard InChI is InChI=1S/C18H17FN6/c1-12-8-16(21-11-13-4-3-5-14(19)9-13)25-17(22-12)10-15(23-25)18-20-6-7-24(18)2/h3-10,21H,11H2,1-2H3. The predicted octanol–water partition coefficient (Wildman–Crippen LogP) is 3.19. The molecule has 0 spiro atoms. The van der Waals surface area contributed by atoms with E-state index in [1.165, 1.54) is 12.1 Å². The Morgan fingerprint density at radius 3 is 2.84 bits per heavy atom. The van der Waals surface area contributed by atoms with Crippen molar-refractivity contribution < 1.29 is 4.39 Å². The zero-order valence-electron chi connectivity index (χ0n) is 13.9.